The molecule has 5 nitrogen and oxygen atoms in total. The van der Waals surface area contributed by atoms with Crippen molar-refractivity contribution >= 4 is 15.9 Å². The Hall–Kier alpha value is -2.32. The number of carbonyl (C=O) groups is 1. The van der Waals surface area contributed by atoms with E-state index in [1.807, 2.05) is 30.3 Å². The number of nitrogens with zero attached hydrogens (tertiary/aromatic N) is 1. The van der Waals surface area contributed by atoms with Crippen molar-refractivity contribution in [2.75, 3.05) is 19.6 Å². The number of halogens is 2. The Bertz CT molecular complexity index is 975. The second-order valence-corrected chi connectivity index (χ2v) is 9.45. The second-order valence-electron chi connectivity index (χ2n) is 7.52. The van der Waals surface area contributed by atoms with E-state index in [1.165, 1.54) is 9.87 Å². The average molecular weight is 437 g/mol. The minimum Gasteiger partial charge on any atom is -0.355 e. The number of carbonyl (C=O) groups excluding carboxylic acids is 1. The first-order valence-corrected chi connectivity index (χ1v) is 11.5. The Balaban J connectivity index is 1.55. The van der Waals surface area contributed by atoms with Gasteiger partial charge in [0, 0.05) is 31.5 Å². The molecule has 1 atom stereocenters. The summed E-state index contributed by atoms with van der Waals surface area (Å²) in [7, 11) is -3.92. The van der Waals surface area contributed by atoms with Crippen LogP contribution in [0.3, 0.4) is 0 Å². The van der Waals surface area contributed by atoms with Crippen LogP contribution in [0.5, 0.6) is 0 Å². The summed E-state index contributed by atoms with van der Waals surface area (Å²) in [5, 5.41) is 3.00. The molecule has 30 heavy (non-hydrogen) atoms. The van der Waals surface area contributed by atoms with Gasteiger partial charge in [0.1, 0.15) is 0 Å². The summed E-state index contributed by atoms with van der Waals surface area (Å²) >= 11 is 0. The van der Waals surface area contributed by atoms with Crippen molar-refractivity contribution in [2.24, 2.45) is 5.92 Å². The van der Waals surface area contributed by atoms with Gasteiger partial charge in [0.15, 0.2) is 11.6 Å². The zero-order chi connectivity index (χ0) is 21.7. The summed E-state index contributed by atoms with van der Waals surface area (Å²) in [4.78, 5) is 12.3. The predicted molar refractivity (Wildman–Crippen MR) is 110 cm³/mol. The van der Waals surface area contributed by atoms with Crippen LogP contribution in [0.1, 0.15) is 37.7 Å². The Morgan fingerprint density at radius 3 is 2.37 bits per heavy atom. The van der Waals surface area contributed by atoms with Crippen LogP contribution in [0.4, 0.5) is 8.78 Å². The maximum absolute atomic E-state index is 13.4. The molecule has 0 bridgehead atoms. The van der Waals surface area contributed by atoms with Gasteiger partial charge in [-0.1, -0.05) is 37.3 Å². The molecule has 1 unspecified atom stereocenters. The molecule has 1 fully saturated rings. The van der Waals surface area contributed by atoms with Gasteiger partial charge in [-0.05, 0) is 43.0 Å². The standard InChI is InChI=1S/C22H26F2N2O3S/c1-2-16(17-6-4-3-5-7-17)15-25-22(27)18-10-12-26(13-11-18)30(28,29)19-8-9-20(23)21(24)14-19/h3-9,14,16,18H,2,10-13,15H2,1H3,(H,25,27). The lowest BCUT2D eigenvalue weighted by atomic mass is 9.94. The van der Waals surface area contributed by atoms with Crippen molar-refractivity contribution in [1.82, 2.24) is 9.62 Å². The minimum atomic E-state index is -3.92. The van der Waals surface area contributed by atoms with Crippen LogP contribution in [0.25, 0.3) is 0 Å². The van der Waals surface area contributed by atoms with Gasteiger partial charge in [0.2, 0.25) is 15.9 Å². The fraction of sp³-hybridized carbons (Fsp3) is 0.409. The first-order chi connectivity index (χ1) is 14.3. The molecule has 0 aromatic heterocycles. The van der Waals surface area contributed by atoms with Crippen molar-refractivity contribution < 1.29 is 22.0 Å². The zero-order valence-corrected chi connectivity index (χ0v) is 17.7. The zero-order valence-electron chi connectivity index (χ0n) is 16.9. The first-order valence-electron chi connectivity index (χ1n) is 10.1. The van der Waals surface area contributed by atoms with E-state index in [0.717, 1.165) is 18.6 Å². The molecule has 162 valence electrons. The molecular weight excluding hydrogens is 410 g/mol. The van der Waals surface area contributed by atoms with Crippen LogP contribution in [-0.4, -0.2) is 38.3 Å². The van der Waals surface area contributed by atoms with Crippen LogP contribution in [0.2, 0.25) is 0 Å². The average Bonchev–Trinajstić information content (AvgIpc) is 2.76. The van der Waals surface area contributed by atoms with E-state index in [9.17, 15) is 22.0 Å². The number of rotatable bonds is 7. The predicted octanol–water partition coefficient (Wildman–Crippen LogP) is 3.68. The van der Waals surface area contributed by atoms with Gasteiger partial charge in [-0.3, -0.25) is 4.79 Å². The summed E-state index contributed by atoms with van der Waals surface area (Å²) in [5.41, 5.74) is 1.17. The molecule has 2 aromatic rings. The Labute approximate surface area is 176 Å². The topological polar surface area (TPSA) is 66.5 Å². The maximum Gasteiger partial charge on any atom is 0.243 e. The molecule has 1 heterocycles. The maximum atomic E-state index is 13.4. The minimum absolute atomic E-state index is 0.0748. The molecule has 1 amide bonds. The molecular formula is C22H26F2N2O3S. The highest BCUT2D eigenvalue weighted by atomic mass is 32.2. The van der Waals surface area contributed by atoms with Crippen molar-refractivity contribution in [3.63, 3.8) is 0 Å². The smallest absolute Gasteiger partial charge is 0.243 e. The Kier molecular flexibility index (Phi) is 7.20. The first kappa shape index (κ1) is 22.4. The lowest BCUT2D eigenvalue weighted by Gasteiger charge is -2.31. The number of benzene rings is 2. The van der Waals surface area contributed by atoms with Crippen LogP contribution in [-0.2, 0) is 14.8 Å². The SMILES string of the molecule is CCC(CNC(=O)C1CCN(S(=O)(=O)c2ccc(F)c(F)c2)CC1)c1ccccc1. The van der Waals surface area contributed by atoms with E-state index < -0.39 is 21.7 Å². The molecule has 1 saturated heterocycles. The third-order valence-corrected chi connectivity index (χ3v) is 7.53. The van der Waals surface area contributed by atoms with Gasteiger partial charge in [-0.15, -0.1) is 0 Å². The summed E-state index contributed by atoms with van der Waals surface area (Å²) in [5.74, 6) is -2.41. The number of amides is 1. The van der Waals surface area contributed by atoms with Crippen LogP contribution in [0, 0.1) is 17.6 Å². The van der Waals surface area contributed by atoms with Crippen LogP contribution < -0.4 is 5.32 Å². The molecule has 8 heteroatoms. The number of piperidine rings is 1. The van der Waals surface area contributed by atoms with Crippen molar-refractivity contribution in [3.05, 3.63) is 65.7 Å². The van der Waals surface area contributed by atoms with E-state index in [1.54, 1.807) is 0 Å². The van der Waals surface area contributed by atoms with Gasteiger partial charge in [0.25, 0.3) is 0 Å². The van der Waals surface area contributed by atoms with Crippen molar-refractivity contribution in [1.29, 1.82) is 0 Å². The molecule has 1 aliphatic heterocycles. The fourth-order valence-corrected chi connectivity index (χ4v) is 5.22. The van der Waals surface area contributed by atoms with E-state index in [-0.39, 0.29) is 35.7 Å². The normalized spacial score (nSPS) is 16.9. The molecule has 0 radical (unpaired) electrons. The molecule has 0 aliphatic carbocycles. The molecule has 1 N–H and O–H groups in total. The van der Waals surface area contributed by atoms with Gasteiger partial charge in [-0.2, -0.15) is 4.31 Å². The number of sulfonamides is 1. The summed E-state index contributed by atoms with van der Waals surface area (Å²) in [6.07, 6.45) is 1.67. The van der Waals surface area contributed by atoms with Crippen molar-refractivity contribution in [3.8, 4) is 0 Å². The van der Waals surface area contributed by atoms with Gasteiger partial charge in [0.05, 0.1) is 4.90 Å². The number of hydrogen-bond acceptors (Lipinski definition) is 3. The summed E-state index contributed by atoms with van der Waals surface area (Å²) < 4.78 is 53.1. The molecule has 0 spiro atoms. The fourth-order valence-electron chi connectivity index (χ4n) is 3.74. The quantitative estimate of drug-likeness (QED) is 0.720. The van der Waals surface area contributed by atoms with Gasteiger partial charge < -0.3 is 5.32 Å². The highest BCUT2D eigenvalue weighted by Crippen LogP contribution is 2.25. The number of hydrogen-bond donors (Lipinski definition) is 1. The molecule has 1 aliphatic rings. The Morgan fingerprint density at radius 1 is 1.10 bits per heavy atom. The van der Waals surface area contributed by atoms with Crippen LogP contribution >= 0.6 is 0 Å². The largest absolute Gasteiger partial charge is 0.355 e. The molecule has 0 saturated carbocycles. The Morgan fingerprint density at radius 2 is 1.77 bits per heavy atom. The third-order valence-electron chi connectivity index (χ3n) is 5.64. The lowest BCUT2D eigenvalue weighted by Crippen LogP contribution is -2.43. The monoisotopic (exact) mass is 436 g/mol. The van der Waals surface area contributed by atoms with E-state index in [0.29, 0.717) is 25.5 Å². The molecule has 2 aromatic carbocycles. The van der Waals surface area contributed by atoms with E-state index in [4.69, 9.17) is 0 Å². The van der Waals surface area contributed by atoms with Crippen molar-refractivity contribution in [2.45, 2.75) is 37.0 Å². The second kappa shape index (κ2) is 9.66. The van der Waals surface area contributed by atoms with E-state index >= 15 is 0 Å². The lowest BCUT2D eigenvalue weighted by molar-refractivity contribution is -0.126. The summed E-state index contributed by atoms with van der Waals surface area (Å²) in [6, 6.07) is 12.5. The highest BCUT2D eigenvalue weighted by Gasteiger charge is 2.32. The van der Waals surface area contributed by atoms with Gasteiger partial charge in [-0.25, -0.2) is 17.2 Å². The van der Waals surface area contributed by atoms with Crippen LogP contribution in [0.15, 0.2) is 53.4 Å². The van der Waals surface area contributed by atoms with Gasteiger partial charge >= 0.3 is 0 Å². The summed E-state index contributed by atoms with van der Waals surface area (Å²) in [6.45, 7) is 2.93. The highest BCUT2D eigenvalue weighted by molar-refractivity contribution is 7.89. The number of nitrogens with one attached hydrogen (secondary N) is 1. The van der Waals surface area contributed by atoms with E-state index in [2.05, 4.69) is 12.2 Å². The molecule has 3 rings (SSSR count). The third kappa shape index (κ3) is 5.05.